The van der Waals surface area contributed by atoms with E-state index in [2.05, 4.69) is 4.90 Å². The minimum absolute atomic E-state index is 0.248. The van der Waals surface area contributed by atoms with Crippen LogP contribution in [0.25, 0.3) is 0 Å². The average Bonchev–Trinajstić information content (AvgIpc) is 2.37. The van der Waals surface area contributed by atoms with Crippen LogP contribution in [0.1, 0.15) is 38.5 Å². The molecule has 2 fully saturated rings. The third-order valence-corrected chi connectivity index (χ3v) is 6.07. The number of hydrogen-bond donors (Lipinski definition) is 1. The normalized spacial score (nSPS) is 29.2. The molecule has 0 aromatic rings. The lowest BCUT2D eigenvalue weighted by Crippen LogP contribution is -2.46. The fourth-order valence-electron chi connectivity index (χ4n) is 3.23. The van der Waals surface area contributed by atoms with Gasteiger partial charge in [0.15, 0.2) is 0 Å². The Bertz CT molecular complexity index is 406. The number of hydrogen-bond acceptors (Lipinski definition) is 4. The molecule has 2 aliphatic rings. The van der Waals surface area contributed by atoms with Gasteiger partial charge in [-0.1, -0.05) is 0 Å². The monoisotopic (exact) mass is 289 g/mol. The number of rotatable bonds is 4. The van der Waals surface area contributed by atoms with Crippen LogP contribution in [0.3, 0.4) is 0 Å². The minimum atomic E-state index is -2.79. The molecule has 1 atom stereocenters. The number of carboxylic acid groups (broad SMARTS) is 1. The average molecular weight is 289 g/mol. The zero-order chi connectivity index (χ0) is 13.9. The maximum Gasteiger partial charge on any atom is 0.303 e. The van der Waals surface area contributed by atoms with Crippen molar-refractivity contribution in [2.45, 2.75) is 44.6 Å². The van der Waals surface area contributed by atoms with E-state index >= 15 is 0 Å². The first-order valence-electron chi connectivity index (χ1n) is 7.12. The van der Waals surface area contributed by atoms with Crippen molar-refractivity contribution in [3.05, 3.63) is 0 Å². The summed E-state index contributed by atoms with van der Waals surface area (Å²) in [5, 5.41) is 8.74. The van der Waals surface area contributed by atoms with Gasteiger partial charge in [-0.25, -0.2) is 8.42 Å². The summed E-state index contributed by atoms with van der Waals surface area (Å²) < 4.78 is 22.9. The first kappa shape index (κ1) is 14.8. The molecule has 0 saturated carbocycles. The van der Waals surface area contributed by atoms with Crippen LogP contribution < -0.4 is 0 Å². The van der Waals surface area contributed by atoms with Crippen molar-refractivity contribution in [2.75, 3.05) is 24.6 Å². The summed E-state index contributed by atoms with van der Waals surface area (Å²) in [4.78, 5) is 13.0. The molecule has 0 radical (unpaired) electrons. The molecule has 0 aromatic carbocycles. The largest absolute Gasteiger partial charge is 0.481 e. The van der Waals surface area contributed by atoms with Crippen LogP contribution in [-0.2, 0) is 14.6 Å². The van der Waals surface area contributed by atoms with Gasteiger partial charge in [0.2, 0.25) is 0 Å². The molecule has 2 heterocycles. The van der Waals surface area contributed by atoms with Crippen LogP contribution in [0.15, 0.2) is 0 Å². The van der Waals surface area contributed by atoms with Crippen molar-refractivity contribution < 1.29 is 18.3 Å². The summed E-state index contributed by atoms with van der Waals surface area (Å²) in [7, 11) is -2.79. The predicted molar refractivity (Wildman–Crippen MR) is 72.8 cm³/mol. The third kappa shape index (κ3) is 4.45. The smallest absolute Gasteiger partial charge is 0.303 e. The zero-order valence-corrected chi connectivity index (χ0v) is 12.1. The number of likely N-dealkylation sites (tertiary alicyclic amines) is 1. The predicted octanol–water partition coefficient (Wildman–Crippen LogP) is 1.14. The minimum Gasteiger partial charge on any atom is -0.481 e. The van der Waals surface area contributed by atoms with E-state index in [4.69, 9.17) is 5.11 Å². The molecule has 110 valence electrons. The van der Waals surface area contributed by atoms with Crippen LogP contribution in [-0.4, -0.2) is 55.0 Å². The first-order valence-corrected chi connectivity index (χ1v) is 8.95. The number of piperidine rings is 1. The second-order valence-corrected chi connectivity index (χ2v) is 8.12. The molecule has 0 aromatic heterocycles. The van der Waals surface area contributed by atoms with Crippen LogP contribution in [0.2, 0.25) is 0 Å². The molecular weight excluding hydrogens is 266 g/mol. The highest BCUT2D eigenvalue weighted by Gasteiger charge is 2.30. The van der Waals surface area contributed by atoms with E-state index in [9.17, 15) is 13.2 Å². The first-order chi connectivity index (χ1) is 8.96. The molecule has 2 rings (SSSR count). The molecule has 0 aliphatic carbocycles. The Morgan fingerprint density at radius 2 is 1.89 bits per heavy atom. The Morgan fingerprint density at radius 3 is 2.53 bits per heavy atom. The second-order valence-electron chi connectivity index (χ2n) is 5.82. The Kier molecular flexibility index (Phi) is 4.84. The number of aliphatic carboxylic acids is 1. The molecule has 0 bridgehead atoms. The molecule has 6 heteroatoms. The molecule has 5 nitrogen and oxygen atoms in total. The number of carbonyl (C=O) groups is 1. The maximum atomic E-state index is 11.4. The highest BCUT2D eigenvalue weighted by molar-refractivity contribution is 7.91. The van der Waals surface area contributed by atoms with Gasteiger partial charge in [0.25, 0.3) is 0 Å². The van der Waals surface area contributed by atoms with Crippen LogP contribution in [0.4, 0.5) is 0 Å². The van der Waals surface area contributed by atoms with Crippen molar-refractivity contribution in [2.24, 2.45) is 5.92 Å². The highest BCUT2D eigenvalue weighted by atomic mass is 32.2. The summed E-state index contributed by atoms with van der Waals surface area (Å²) >= 11 is 0. The van der Waals surface area contributed by atoms with Crippen molar-refractivity contribution in [3.63, 3.8) is 0 Å². The quantitative estimate of drug-likeness (QED) is 0.840. The van der Waals surface area contributed by atoms with E-state index in [0.29, 0.717) is 23.5 Å². The Labute approximate surface area is 114 Å². The molecule has 2 saturated heterocycles. The molecule has 0 amide bonds. The van der Waals surface area contributed by atoms with Gasteiger partial charge in [0.1, 0.15) is 9.84 Å². The van der Waals surface area contributed by atoms with Gasteiger partial charge >= 0.3 is 5.97 Å². The lowest BCUT2D eigenvalue weighted by atomic mass is 9.91. The summed E-state index contributed by atoms with van der Waals surface area (Å²) in [5.41, 5.74) is 0. The highest BCUT2D eigenvalue weighted by Crippen LogP contribution is 2.26. The van der Waals surface area contributed by atoms with Crippen LogP contribution in [0, 0.1) is 5.92 Å². The molecule has 2 aliphatic heterocycles. The van der Waals surface area contributed by atoms with E-state index in [1.165, 1.54) is 0 Å². The van der Waals surface area contributed by atoms with Gasteiger partial charge < -0.3 is 10.0 Å². The third-order valence-electron chi connectivity index (χ3n) is 4.36. The van der Waals surface area contributed by atoms with Crippen LogP contribution >= 0.6 is 0 Å². The van der Waals surface area contributed by atoms with E-state index in [1.54, 1.807) is 0 Å². The summed E-state index contributed by atoms with van der Waals surface area (Å²) in [6.45, 7) is 1.98. The standard InChI is InChI=1S/C13H23NO4S/c15-13(16)4-3-11-2-1-7-14(10-11)12-5-8-19(17,18)9-6-12/h11-12H,1-10H2,(H,15,16). The second kappa shape index (κ2) is 6.22. The molecule has 1 unspecified atom stereocenters. The van der Waals surface area contributed by atoms with Crippen molar-refractivity contribution in [1.82, 2.24) is 4.90 Å². The number of nitrogens with zero attached hydrogens (tertiary/aromatic N) is 1. The lowest BCUT2D eigenvalue weighted by Gasteiger charge is -2.39. The lowest BCUT2D eigenvalue weighted by molar-refractivity contribution is -0.137. The summed E-state index contributed by atoms with van der Waals surface area (Å²) in [6, 6.07) is 0.385. The molecular formula is C13H23NO4S. The summed E-state index contributed by atoms with van der Waals surface area (Å²) in [5.74, 6) is 0.367. The van der Waals surface area contributed by atoms with Gasteiger partial charge in [0, 0.05) is 19.0 Å². The van der Waals surface area contributed by atoms with E-state index in [1.807, 2.05) is 0 Å². The zero-order valence-electron chi connectivity index (χ0n) is 11.3. The van der Waals surface area contributed by atoms with Crippen molar-refractivity contribution in [1.29, 1.82) is 0 Å². The number of sulfone groups is 1. The molecule has 1 N–H and O–H groups in total. The van der Waals surface area contributed by atoms with Gasteiger partial charge in [-0.15, -0.1) is 0 Å². The summed E-state index contributed by atoms with van der Waals surface area (Å²) in [6.07, 6.45) is 4.69. The molecule has 19 heavy (non-hydrogen) atoms. The van der Waals surface area contributed by atoms with E-state index in [-0.39, 0.29) is 6.42 Å². The van der Waals surface area contributed by atoms with Crippen molar-refractivity contribution >= 4 is 15.8 Å². The van der Waals surface area contributed by atoms with E-state index < -0.39 is 15.8 Å². The fraction of sp³-hybridized carbons (Fsp3) is 0.923. The van der Waals surface area contributed by atoms with E-state index in [0.717, 1.165) is 45.2 Å². The van der Waals surface area contributed by atoms with Gasteiger partial charge in [-0.2, -0.15) is 0 Å². The van der Waals surface area contributed by atoms with Crippen molar-refractivity contribution in [3.8, 4) is 0 Å². The van der Waals surface area contributed by atoms with Gasteiger partial charge in [-0.05, 0) is 44.6 Å². The molecule has 0 spiro atoms. The van der Waals surface area contributed by atoms with Gasteiger partial charge in [-0.3, -0.25) is 4.79 Å². The fourth-order valence-corrected chi connectivity index (χ4v) is 4.70. The Morgan fingerprint density at radius 1 is 1.21 bits per heavy atom. The Balaban J connectivity index is 1.82. The SMILES string of the molecule is O=C(O)CCC1CCCN(C2CCS(=O)(=O)CC2)C1. The Hall–Kier alpha value is -0.620. The number of carboxylic acids is 1. The van der Waals surface area contributed by atoms with Gasteiger partial charge in [0.05, 0.1) is 11.5 Å². The maximum absolute atomic E-state index is 11.4. The van der Waals surface area contributed by atoms with Crippen LogP contribution in [0.5, 0.6) is 0 Å². The topological polar surface area (TPSA) is 74.7 Å².